The van der Waals surface area contributed by atoms with Crippen LogP contribution in [0.4, 0.5) is 10.2 Å². The molecule has 8 heteroatoms. The fourth-order valence-corrected chi connectivity index (χ4v) is 3.21. The lowest BCUT2D eigenvalue weighted by atomic mass is 10.1. The number of amides is 1. The molecule has 1 amide bonds. The molecule has 0 aliphatic carbocycles. The van der Waals surface area contributed by atoms with E-state index in [9.17, 15) is 9.18 Å². The van der Waals surface area contributed by atoms with Crippen molar-refractivity contribution in [1.82, 2.24) is 24.2 Å². The topological polar surface area (TPSA) is 65.8 Å². The van der Waals surface area contributed by atoms with E-state index in [1.807, 2.05) is 9.30 Å². The number of benzene rings is 1. The van der Waals surface area contributed by atoms with Gasteiger partial charge in [-0.2, -0.15) is 0 Å². The number of hydrogen-bond donors (Lipinski definition) is 1. The van der Waals surface area contributed by atoms with Crippen molar-refractivity contribution in [1.29, 1.82) is 0 Å². The standard InChI is InChI=1S/C19H21FN6O/c1-24-8-10-25(11-9-24)17(27)13-22-19-18(14-2-4-15(20)5-3-14)23-16-12-21-6-7-26(16)19/h2-7,12,22H,8-11,13H2,1H3. The predicted molar refractivity (Wildman–Crippen MR) is 101 cm³/mol. The number of nitrogens with one attached hydrogen (secondary N) is 1. The first-order valence-electron chi connectivity index (χ1n) is 8.90. The SMILES string of the molecule is CN1CCN(C(=O)CNc2c(-c3ccc(F)cc3)nc3cnccn23)CC1. The molecule has 0 spiro atoms. The first-order chi connectivity index (χ1) is 13.1. The highest BCUT2D eigenvalue weighted by molar-refractivity contribution is 5.83. The number of piperazine rings is 1. The summed E-state index contributed by atoms with van der Waals surface area (Å²) in [4.78, 5) is 25.4. The molecule has 0 unspecified atom stereocenters. The van der Waals surface area contributed by atoms with Crippen LogP contribution in [0.15, 0.2) is 42.9 Å². The van der Waals surface area contributed by atoms with Gasteiger partial charge in [0.15, 0.2) is 5.65 Å². The molecule has 7 nitrogen and oxygen atoms in total. The van der Waals surface area contributed by atoms with E-state index < -0.39 is 0 Å². The molecule has 1 aliphatic rings. The highest BCUT2D eigenvalue weighted by atomic mass is 19.1. The highest BCUT2D eigenvalue weighted by Crippen LogP contribution is 2.28. The lowest BCUT2D eigenvalue weighted by molar-refractivity contribution is -0.130. The van der Waals surface area contributed by atoms with Gasteiger partial charge in [-0.25, -0.2) is 9.37 Å². The summed E-state index contributed by atoms with van der Waals surface area (Å²) in [5, 5.41) is 3.23. The molecular formula is C19H21FN6O. The van der Waals surface area contributed by atoms with Gasteiger partial charge < -0.3 is 15.1 Å². The maximum atomic E-state index is 13.3. The number of carbonyl (C=O) groups excluding carboxylic acids is 1. The van der Waals surface area contributed by atoms with Crippen molar-refractivity contribution in [2.75, 3.05) is 45.1 Å². The molecule has 4 rings (SSSR count). The molecule has 0 bridgehead atoms. The number of rotatable bonds is 4. The van der Waals surface area contributed by atoms with Crippen molar-refractivity contribution in [2.45, 2.75) is 0 Å². The van der Waals surface area contributed by atoms with E-state index in [4.69, 9.17) is 0 Å². The number of anilines is 1. The Morgan fingerprint density at radius 2 is 1.93 bits per heavy atom. The molecule has 1 saturated heterocycles. The lowest BCUT2D eigenvalue weighted by Crippen LogP contribution is -2.48. The van der Waals surface area contributed by atoms with E-state index in [0.29, 0.717) is 17.2 Å². The van der Waals surface area contributed by atoms with Gasteiger partial charge in [-0.05, 0) is 31.3 Å². The Labute approximate surface area is 156 Å². The van der Waals surface area contributed by atoms with Crippen LogP contribution in [0, 0.1) is 5.82 Å². The molecule has 0 atom stereocenters. The average Bonchev–Trinajstić information content (AvgIpc) is 3.06. The van der Waals surface area contributed by atoms with Crippen molar-refractivity contribution in [3.05, 3.63) is 48.7 Å². The van der Waals surface area contributed by atoms with Crippen LogP contribution in [0.3, 0.4) is 0 Å². The monoisotopic (exact) mass is 368 g/mol. The second-order valence-corrected chi connectivity index (χ2v) is 6.66. The molecule has 0 radical (unpaired) electrons. The zero-order chi connectivity index (χ0) is 18.8. The number of halogens is 1. The second kappa shape index (κ2) is 7.32. The summed E-state index contributed by atoms with van der Waals surface area (Å²) in [6.45, 7) is 3.41. The van der Waals surface area contributed by atoms with Crippen LogP contribution >= 0.6 is 0 Å². The Balaban J connectivity index is 1.59. The Morgan fingerprint density at radius 1 is 1.19 bits per heavy atom. The Bertz CT molecular complexity index is 946. The minimum absolute atomic E-state index is 0.0529. The van der Waals surface area contributed by atoms with Crippen molar-refractivity contribution in [2.24, 2.45) is 0 Å². The summed E-state index contributed by atoms with van der Waals surface area (Å²) in [5.74, 6) is 0.447. The van der Waals surface area contributed by atoms with Crippen molar-refractivity contribution >= 4 is 17.4 Å². The highest BCUT2D eigenvalue weighted by Gasteiger charge is 2.20. The first kappa shape index (κ1) is 17.4. The molecular weight excluding hydrogens is 347 g/mol. The number of aromatic nitrogens is 3. The number of fused-ring (bicyclic) bond motifs is 1. The molecule has 27 heavy (non-hydrogen) atoms. The smallest absolute Gasteiger partial charge is 0.242 e. The van der Waals surface area contributed by atoms with E-state index in [2.05, 4.69) is 27.2 Å². The summed E-state index contributed by atoms with van der Waals surface area (Å²) in [6, 6.07) is 6.16. The Morgan fingerprint density at radius 3 is 2.67 bits per heavy atom. The predicted octanol–water partition coefficient (Wildman–Crippen LogP) is 1.72. The zero-order valence-electron chi connectivity index (χ0n) is 15.1. The number of likely N-dealkylation sites (N-methyl/N-ethyl adjacent to an activating group) is 1. The van der Waals surface area contributed by atoms with Crippen LogP contribution in [0.25, 0.3) is 16.9 Å². The van der Waals surface area contributed by atoms with Crippen molar-refractivity contribution in [3.63, 3.8) is 0 Å². The van der Waals surface area contributed by atoms with Crippen LogP contribution in [-0.4, -0.2) is 69.8 Å². The van der Waals surface area contributed by atoms with Gasteiger partial charge in [0.05, 0.1) is 12.7 Å². The minimum atomic E-state index is -0.302. The van der Waals surface area contributed by atoms with Gasteiger partial charge in [0.1, 0.15) is 17.3 Å². The molecule has 1 N–H and O–H groups in total. The molecule has 3 aromatic rings. The summed E-state index contributed by atoms with van der Waals surface area (Å²) < 4.78 is 15.1. The van der Waals surface area contributed by atoms with Gasteiger partial charge in [-0.1, -0.05) is 0 Å². The Kier molecular flexibility index (Phi) is 4.72. The second-order valence-electron chi connectivity index (χ2n) is 6.66. The number of imidazole rings is 1. The average molecular weight is 368 g/mol. The first-order valence-corrected chi connectivity index (χ1v) is 8.90. The summed E-state index contributed by atoms with van der Waals surface area (Å²) in [7, 11) is 2.06. The third kappa shape index (κ3) is 3.61. The number of hydrogen-bond acceptors (Lipinski definition) is 5. The maximum Gasteiger partial charge on any atom is 0.242 e. The zero-order valence-corrected chi connectivity index (χ0v) is 15.1. The van der Waals surface area contributed by atoms with Gasteiger partial charge in [0.2, 0.25) is 5.91 Å². The van der Waals surface area contributed by atoms with E-state index in [-0.39, 0.29) is 18.3 Å². The molecule has 1 aliphatic heterocycles. The van der Waals surface area contributed by atoms with Gasteiger partial charge in [-0.15, -0.1) is 0 Å². The molecule has 3 heterocycles. The minimum Gasteiger partial charge on any atom is -0.360 e. The fraction of sp³-hybridized carbons (Fsp3) is 0.316. The van der Waals surface area contributed by atoms with Crippen molar-refractivity contribution in [3.8, 4) is 11.3 Å². The molecule has 2 aromatic heterocycles. The normalized spacial score (nSPS) is 15.3. The van der Waals surface area contributed by atoms with Crippen LogP contribution in [0.5, 0.6) is 0 Å². The molecule has 1 aromatic carbocycles. The van der Waals surface area contributed by atoms with Crippen LogP contribution < -0.4 is 5.32 Å². The quantitative estimate of drug-likeness (QED) is 0.760. The Hall–Kier alpha value is -3.00. The van der Waals surface area contributed by atoms with E-state index in [1.165, 1.54) is 12.1 Å². The molecule has 0 saturated carbocycles. The van der Waals surface area contributed by atoms with Crippen LogP contribution in [-0.2, 0) is 4.79 Å². The van der Waals surface area contributed by atoms with E-state index >= 15 is 0 Å². The number of nitrogens with zero attached hydrogens (tertiary/aromatic N) is 5. The molecule has 1 fully saturated rings. The number of carbonyl (C=O) groups is 1. The molecule has 140 valence electrons. The summed E-state index contributed by atoms with van der Waals surface area (Å²) in [5.41, 5.74) is 2.09. The van der Waals surface area contributed by atoms with Gasteiger partial charge in [0, 0.05) is 44.1 Å². The third-order valence-electron chi connectivity index (χ3n) is 4.81. The van der Waals surface area contributed by atoms with Crippen molar-refractivity contribution < 1.29 is 9.18 Å². The van der Waals surface area contributed by atoms with Crippen LogP contribution in [0.1, 0.15) is 0 Å². The maximum absolute atomic E-state index is 13.3. The van der Waals surface area contributed by atoms with Crippen LogP contribution in [0.2, 0.25) is 0 Å². The lowest BCUT2D eigenvalue weighted by Gasteiger charge is -2.32. The van der Waals surface area contributed by atoms with E-state index in [0.717, 1.165) is 31.7 Å². The summed E-state index contributed by atoms with van der Waals surface area (Å²) >= 11 is 0. The van der Waals surface area contributed by atoms with E-state index in [1.54, 1.807) is 30.7 Å². The van der Waals surface area contributed by atoms with Gasteiger partial charge >= 0.3 is 0 Å². The largest absolute Gasteiger partial charge is 0.360 e. The van der Waals surface area contributed by atoms with Gasteiger partial charge in [0.25, 0.3) is 0 Å². The fourth-order valence-electron chi connectivity index (χ4n) is 3.21. The third-order valence-corrected chi connectivity index (χ3v) is 4.81. The van der Waals surface area contributed by atoms with Gasteiger partial charge in [-0.3, -0.25) is 14.2 Å². The summed E-state index contributed by atoms with van der Waals surface area (Å²) in [6.07, 6.45) is 5.11.